The number of ether oxygens (including phenoxy) is 5. The Bertz CT molecular complexity index is 1340. The molecule has 11 atom stereocenters. The minimum Gasteiger partial charge on any atom is -0.504 e. The molecule has 4 rings (SSSR count). The van der Waals surface area contributed by atoms with Crippen LogP contribution < -0.4 is 0 Å². The third kappa shape index (κ3) is 8.00. The van der Waals surface area contributed by atoms with Crippen LogP contribution in [0.2, 0.25) is 0 Å². The number of aliphatic hydroxyl groups is 6. The summed E-state index contributed by atoms with van der Waals surface area (Å²) in [5.41, 5.74) is 0.449. The minimum atomic E-state index is -1.83. The van der Waals surface area contributed by atoms with Crippen molar-refractivity contribution in [3.63, 3.8) is 0 Å². The number of rotatable bonds is 10. The summed E-state index contributed by atoms with van der Waals surface area (Å²) in [5.74, 6) is -2.75. The van der Waals surface area contributed by atoms with Gasteiger partial charge in [-0.2, -0.15) is 0 Å². The van der Waals surface area contributed by atoms with Gasteiger partial charge in [-0.1, -0.05) is 12.1 Å². The number of phenolic OH excluding ortho intramolecular Hbond substituents is 4. The van der Waals surface area contributed by atoms with Crippen molar-refractivity contribution in [1.29, 1.82) is 0 Å². The number of hydrogen-bond donors (Lipinski definition) is 10. The van der Waals surface area contributed by atoms with E-state index < -0.39 is 104 Å². The second-order valence-electron chi connectivity index (χ2n) is 10.6. The summed E-state index contributed by atoms with van der Waals surface area (Å²) in [6.45, 7) is 0.0575. The first-order valence-corrected chi connectivity index (χ1v) is 13.8. The first kappa shape index (κ1) is 34.3. The second-order valence-corrected chi connectivity index (χ2v) is 10.6. The average molecular weight is 641 g/mol. The highest BCUT2D eigenvalue weighted by atomic mass is 16.8. The maximum absolute atomic E-state index is 12.7. The largest absolute Gasteiger partial charge is 0.504 e. The monoisotopic (exact) mass is 640 g/mol. The SMILES string of the molecule is C[C@H]1O[C@@H](O[C@H]2[C@H](OCC(O)c3ccc(O)c(O)c3)O[C@H](CO)[C@@H](OC(=O)/C=C/c3ccc(O)c(O)c3)[C@@H]2O)[C@H](O)[C@H](O)[C@@H]1O. The first-order chi connectivity index (χ1) is 21.3. The molecule has 45 heavy (non-hydrogen) atoms. The summed E-state index contributed by atoms with van der Waals surface area (Å²) in [5, 5.41) is 101. The number of aliphatic hydroxyl groups excluding tert-OH is 6. The van der Waals surface area contributed by atoms with Crippen LogP contribution in [-0.4, -0.2) is 132 Å². The molecular weight excluding hydrogens is 604 g/mol. The zero-order chi connectivity index (χ0) is 33.0. The third-order valence-electron chi connectivity index (χ3n) is 7.36. The number of esters is 1. The normalized spacial score (nSPS) is 32.8. The van der Waals surface area contributed by atoms with Gasteiger partial charge in [0.15, 0.2) is 41.7 Å². The van der Waals surface area contributed by atoms with Crippen LogP contribution in [0.15, 0.2) is 42.5 Å². The molecule has 2 aliphatic heterocycles. The Kier molecular flexibility index (Phi) is 11.2. The van der Waals surface area contributed by atoms with Crippen molar-refractivity contribution in [3.05, 3.63) is 53.6 Å². The predicted octanol–water partition coefficient (Wildman–Crippen LogP) is -1.53. The van der Waals surface area contributed by atoms with E-state index in [4.69, 9.17) is 23.7 Å². The number of phenols is 4. The summed E-state index contributed by atoms with van der Waals surface area (Å²) in [6, 6.07) is 7.32. The van der Waals surface area contributed by atoms with E-state index in [0.29, 0.717) is 5.56 Å². The van der Waals surface area contributed by atoms with E-state index in [2.05, 4.69) is 0 Å². The molecule has 10 N–H and O–H groups in total. The van der Waals surface area contributed by atoms with Crippen molar-refractivity contribution in [2.24, 2.45) is 0 Å². The van der Waals surface area contributed by atoms with Crippen LogP contribution in [0.5, 0.6) is 23.0 Å². The third-order valence-corrected chi connectivity index (χ3v) is 7.36. The number of hydrogen-bond acceptors (Lipinski definition) is 16. The molecule has 0 saturated carbocycles. The lowest BCUT2D eigenvalue weighted by atomic mass is 9.97. The van der Waals surface area contributed by atoms with Gasteiger partial charge in [-0.3, -0.25) is 0 Å². The molecular formula is C29H36O16. The fraction of sp³-hybridized carbons (Fsp3) is 0.483. The number of carbonyl (C=O) groups excluding carboxylic acids is 1. The van der Waals surface area contributed by atoms with Crippen LogP contribution in [0.4, 0.5) is 0 Å². The Labute approximate surface area is 256 Å². The summed E-state index contributed by atoms with van der Waals surface area (Å²) >= 11 is 0. The van der Waals surface area contributed by atoms with Gasteiger partial charge in [-0.25, -0.2) is 4.79 Å². The van der Waals surface area contributed by atoms with E-state index in [1.165, 1.54) is 37.3 Å². The van der Waals surface area contributed by atoms with E-state index >= 15 is 0 Å². The molecule has 1 unspecified atom stereocenters. The van der Waals surface area contributed by atoms with Crippen molar-refractivity contribution >= 4 is 12.0 Å². The lowest BCUT2D eigenvalue weighted by Gasteiger charge is -2.46. The Morgan fingerprint density at radius 1 is 0.844 bits per heavy atom. The summed E-state index contributed by atoms with van der Waals surface area (Å²) in [7, 11) is 0. The highest BCUT2D eigenvalue weighted by molar-refractivity contribution is 5.87. The van der Waals surface area contributed by atoms with Gasteiger partial charge in [0.2, 0.25) is 0 Å². The fourth-order valence-corrected chi connectivity index (χ4v) is 4.76. The molecule has 2 fully saturated rings. The molecule has 0 radical (unpaired) electrons. The van der Waals surface area contributed by atoms with Gasteiger partial charge in [-0.05, 0) is 48.4 Å². The smallest absolute Gasteiger partial charge is 0.331 e. The summed E-state index contributed by atoms with van der Waals surface area (Å²) < 4.78 is 28.0. The molecule has 2 aromatic carbocycles. The molecule has 2 aliphatic rings. The lowest BCUT2D eigenvalue weighted by molar-refractivity contribution is -0.366. The van der Waals surface area contributed by atoms with Crippen LogP contribution in [0.1, 0.15) is 24.2 Å². The van der Waals surface area contributed by atoms with Crippen LogP contribution in [0.3, 0.4) is 0 Å². The number of benzene rings is 2. The van der Waals surface area contributed by atoms with Crippen LogP contribution in [-0.2, 0) is 28.5 Å². The van der Waals surface area contributed by atoms with Crippen LogP contribution in [0.25, 0.3) is 6.08 Å². The van der Waals surface area contributed by atoms with Crippen molar-refractivity contribution in [2.75, 3.05) is 13.2 Å². The molecule has 16 heteroatoms. The standard InChI is InChI=1S/C29H36O16/c1-12-22(37)23(38)24(39)28(42-12)45-27-25(40)26(44-21(36)7-3-13-2-5-15(31)17(33)8-13)20(10-30)43-29(27)41-11-19(35)14-4-6-16(32)18(34)9-14/h2-9,12,19-20,22-35,37-40H,10-11H2,1H3/b7-3+/t12-,19?,20-,22-,23-,24-,25+,26-,27-,28+,29-/m1/s1. The van der Waals surface area contributed by atoms with E-state index in [1.807, 2.05) is 0 Å². The molecule has 16 nitrogen and oxygen atoms in total. The molecule has 2 saturated heterocycles. The molecule has 0 aliphatic carbocycles. The number of aromatic hydroxyl groups is 4. The zero-order valence-corrected chi connectivity index (χ0v) is 23.8. The topological polar surface area (TPSA) is 266 Å². The molecule has 2 aromatic rings. The molecule has 2 heterocycles. The summed E-state index contributed by atoms with van der Waals surface area (Å²) in [6.07, 6.45) is -15.0. The van der Waals surface area contributed by atoms with Gasteiger partial charge in [-0.15, -0.1) is 0 Å². The van der Waals surface area contributed by atoms with Crippen molar-refractivity contribution in [1.82, 2.24) is 0 Å². The maximum Gasteiger partial charge on any atom is 0.331 e. The Hall–Kier alpha value is -3.55. The summed E-state index contributed by atoms with van der Waals surface area (Å²) in [4.78, 5) is 12.7. The Morgan fingerprint density at radius 3 is 2.16 bits per heavy atom. The quantitative estimate of drug-likeness (QED) is 0.0802. The van der Waals surface area contributed by atoms with Gasteiger partial charge < -0.3 is 74.7 Å². The molecule has 248 valence electrons. The van der Waals surface area contributed by atoms with Gasteiger partial charge in [0.1, 0.15) is 42.7 Å². The zero-order valence-electron chi connectivity index (χ0n) is 23.8. The maximum atomic E-state index is 12.7. The number of carbonyl (C=O) groups is 1. The van der Waals surface area contributed by atoms with Crippen LogP contribution >= 0.6 is 0 Å². The molecule has 0 bridgehead atoms. The van der Waals surface area contributed by atoms with E-state index in [9.17, 15) is 55.9 Å². The van der Waals surface area contributed by atoms with Crippen molar-refractivity contribution in [2.45, 2.75) is 74.4 Å². The van der Waals surface area contributed by atoms with Crippen LogP contribution in [0, 0.1) is 0 Å². The Morgan fingerprint density at radius 2 is 1.51 bits per heavy atom. The van der Waals surface area contributed by atoms with Gasteiger partial charge in [0.25, 0.3) is 0 Å². The second kappa shape index (κ2) is 14.7. The minimum absolute atomic E-state index is 0.135. The predicted molar refractivity (Wildman–Crippen MR) is 148 cm³/mol. The molecule has 0 spiro atoms. The van der Waals surface area contributed by atoms with E-state index in [0.717, 1.165) is 18.2 Å². The van der Waals surface area contributed by atoms with E-state index in [1.54, 1.807) is 0 Å². The fourth-order valence-electron chi connectivity index (χ4n) is 4.76. The molecule has 0 amide bonds. The average Bonchev–Trinajstić information content (AvgIpc) is 3.01. The highest BCUT2D eigenvalue weighted by Crippen LogP contribution is 2.33. The van der Waals surface area contributed by atoms with Crippen molar-refractivity contribution < 1.29 is 79.5 Å². The highest BCUT2D eigenvalue weighted by Gasteiger charge is 2.52. The molecule has 0 aromatic heterocycles. The van der Waals surface area contributed by atoms with Gasteiger partial charge in [0.05, 0.1) is 19.3 Å². The van der Waals surface area contributed by atoms with Gasteiger partial charge in [0, 0.05) is 6.08 Å². The van der Waals surface area contributed by atoms with Crippen molar-refractivity contribution in [3.8, 4) is 23.0 Å². The first-order valence-electron chi connectivity index (χ1n) is 13.8. The lowest BCUT2D eigenvalue weighted by Crippen LogP contribution is -2.64. The van der Waals surface area contributed by atoms with E-state index in [-0.39, 0.29) is 11.3 Å². The Balaban J connectivity index is 1.54. The van der Waals surface area contributed by atoms with Gasteiger partial charge >= 0.3 is 5.97 Å².